The SMILES string of the molecule is COC(=O)C[C@H]1CCN(C(C)(C)C)C1. The fraction of sp³-hybridized carbons (Fsp3) is 0.909. The number of hydrogen-bond donors (Lipinski definition) is 0. The highest BCUT2D eigenvalue weighted by atomic mass is 16.5. The number of rotatable bonds is 2. The van der Waals surface area contributed by atoms with Crippen LogP contribution in [0.15, 0.2) is 0 Å². The molecule has 1 atom stereocenters. The Bertz CT molecular complexity index is 208. The number of methoxy groups -OCH3 is 1. The molecule has 0 unspecified atom stereocenters. The molecule has 0 bridgehead atoms. The van der Waals surface area contributed by atoms with Crippen LogP contribution in [0.4, 0.5) is 0 Å². The fourth-order valence-electron chi connectivity index (χ4n) is 1.93. The van der Waals surface area contributed by atoms with Crippen molar-refractivity contribution >= 4 is 5.97 Å². The monoisotopic (exact) mass is 199 g/mol. The summed E-state index contributed by atoms with van der Waals surface area (Å²) in [6.45, 7) is 8.78. The van der Waals surface area contributed by atoms with Crippen LogP contribution < -0.4 is 0 Å². The second-order valence-corrected chi connectivity index (χ2v) is 5.05. The van der Waals surface area contributed by atoms with Crippen LogP contribution in [0.1, 0.15) is 33.6 Å². The average molecular weight is 199 g/mol. The first kappa shape index (κ1) is 11.5. The van der Waals surface area contributed by atoms with Gasteiger partial charge in [-0.3, -0.25) is 9.69 Å². The summed E-state index contributed by atoms with van der Waals surface area (Å²) in [6.07, 6.45) is 1.69. The lowest BCUT2D eigenvalue weighted by atomic mass is 10.0. The van der Waals surface area contributed by atoms with E-state index in [9.17, 15) is 4.79 Å². The summed E-state index contributed by atoms with van der Waals surface area (Å²) in [5, 5.41) is 0. The van der Waals surface area contributed by atoms with Crippen molar-refractivity contribution in [2.24, 2.45) is 5.92 Å². The first-order valence-electron chi connectivity index (χ1n) is 5.25. The second-order valence-electron chi connectivity index (χ2n) is 5.05. The van der Waals surface area contributed by atoms with Crippen molar-refractivity contribution < 1.29 is 9.53 Å². The molecule has 1 aliphatic rings. The van der Waals surface area contributed by atoms with Gasteiger partial charge in [0.1, 0.15) is 0 Å². The van der Waals surface area contributed by atoms with Crippen molar-refractivity contribution in [3.8, 4) is 0 Å². The van der Waals surface area contributed by atoms with E-state index in [1.807, 2.05) is 0 Å². The van der Waals surface area contributed by atoms with E-state index in [0.29, 0.717) is 12.3 Å². The molecule has 1 fully saturated rings. The highest BCUT2D eigenvalue weighted by molar-refractivity contribution is 5.69. The van der Waals surface area contributed by atoms with Crippen molar-refractivity contribution in [3.63, 3.8) is 0 Å². The van der Waals surface area contributed by atoms with Gasteiger partial charge in [0.05, 0.1) is 7.11 Å². The van der Waals surface area contributed by atoms with Gasteiger partial charge in [0.25, 0.3) is 0 Å². The van der Waals surface area contributed by atoms with Gasteiger partial charge in [0.2, 0.25) is 0 Å². The highest BCUT2D eigenvalue weighted by Crippen LogP contribution is 2.26. The zero-order chi connectivity index (χ0) is 10.8. The number of nitrogens with zero attached hydrogens (tertiary/aromatic N) is 1. The molecule has 3 heteroatoms. The molecule has 0 saturated carbocycles. The Hall–Kier alpha value is -0.570. The second kappa shape index (κ2) is 4.30. The zero-order valence-electron chi connectivity index (χ0n) is 9.67. The molecule has 1 saturated heterocycles. The van der Waals surface area contributed by atoms with Gasteiger partial charge in [0.15, 0.2) is 0 Å². The van der Waals surface area contributed by atoms with E-state index in [1.54, 1.807) is 0 Å². The van der Waals surface area contributed by atoms with Crippen LogP contribution in [0.3, 0.4) is 0 Å². The summed E-state index contributed by atoms with van der Waals surface area (Å²) >= 11 is 0. The van der Waals surface area contributed by atoms with Gasteiger partial charge in [-0.25, -0.2) is 0 Å². The fourth-order valence-corrected chi connectivity index (χ4v) is 1.93. The third-order valence-corrected chi connectivity index (χ3v) is 2.92. The predicted molar refractivity (Wildman–Crippen MR) is 56.1 cm³/mol. The Morgan fingerprint density at radius 3 is 2.57 bits per heavy atom. The molecule has 1 heterocycles. The standard InChI is InChI=1S/C11H21NO2/c1-11(2,3)12-6-5-9(8-12)7-10(13)14-4/h9H,5-8H2,1-4H3/t9-/m1/s1. The molecule has 1 rings (SSSR count). The van der Waals surface area contributed by atoms with Crippen molar-refractivity contribution in [3.05, 3.63) is 0 Å². The summed E-state index contributed by atoms with van der Waals surface area (Å²) in [4.78, 5) is 13.5. The third-order valence-electron chi connectivity index (χ3n) is 2.92. The minimum atomic E-state index is -0.0780. The molecule has 1 aliphatic heterocycles. The van der Waals surface area contributed by atoms with Gasteiger partial charge in [-0.05, 0) is 39.7 Å². The predicted octanol–water partition coefficient (Wildman–Crippen LogP) is 1.67. The maximum atomic E-state index is 11.1. The molecular formula is C11H21NO2. The maximum Gasteiger partial charge on any atom is 0.305 e. The molecule has 0 aromatic heterocycles. The molecule has 0 aromatic carbocycles. The molecular weight excluding hydrogens is 178 g/mol. The third kappa shape index (κ3) is 2.98. The van der Waals surface area contributed by atoms with Crippen LogP contribution in [0.2, 0.25) is 0 Å². The number of likely N-dealkylation sites (tertiary alicyclic amines) is 1. The maximum absolute atomic E-state index is 11.1. The Morgan fingerprint density at radius 2 is 2.14 bits per heavy atom. The zero-order valence-corrected chi connectivity index (χ0v) is 9.67. The number of hydrogen-bond acceptors (Lipinski definition) is 3. The largest absolute Gasteiger partial charge is 0.469 e. The molecule has 0 spiro atoms. The van der Waals surface area contributed by atoms with E-state index in [4.69, 9.17) is 0 Å². The molecule has 0 amide bonds. The molecule has 0 aliphatic carbocycles. The number of ether oxygens (including phenoxy) is 1. The van der Waals surface area contributed by atoms with Crippen molar-refractivity contribution in [1.29, 1.82) is 0 Å². The minimum absolute atomic E-state index is 0.0780. The van der Waals surface area contributed by atoms with Crippen LogP contribution in [0.5, 0.6) is 0 Å². The smallest absolute Gasteiger partial charge is 0.305 e. The quantitative estimate of drug-likeness (QED) is 0.634. The van der Waals surface area contributed by atoms with E-state index < -0.39 is 0 Å². The molecule has 0 N–H and O–H groups in total. The Morgan fingerprint density at radius 1 is 1.50 bits per heavy atom. The molecule has 82 valence electrons. The summed E-state index contributed by atoms with van der Waals surface area (Å²) in [6, 6.07) is 0. The lowest BCUT2D eigenvalue weighted by Crippen LogP contribution is -2.39. The van der Waals surface area contributed by atoms with E-state index in [2.05, 4.69) is 30.4 Å². The van der Waals surface area contributed by atoms with Crippen LogP contribution in [0.25, 0.3) is 0 Å². The van der Waals surface area contributed by atoms with Crippen molar-refractivity contribution in [1.82, 2.24) is 4.90 Å². The van der Waals surface area contributed by atoms with Gasteiger partial charge < -0.3 is 4.74 Å². The highest BCUT2D eigenvalue weighted by Gasteiger charge is 2.31. The average Bonchev–Trinajstić information content (AvgIpc) is 2.51. The Labute approximate surface area is 86.4 Å². The van der Waals surface area contributed by atoms with Gasteiger partial charge in [-0.1, -0.05) is 0 Å². The number of carbonyl (C=O) groups is 1. The summed E-state index contributed by atoms with van der Waals surface area (Å²) in [5.41, 5.74) is 0.227. The van der Waals surface area contributed by atoms with Crippen molar-refractivity contribution in [2.75, 3.05) is 20.2 Å². The van der Waals surface area contributed by atoms with Crippen molar-refractivity contribution in [2.45, 2.75) is 39.2 Å². The van der Waals surface area contributed by atoms with Gasteiger partial charge in [-0.15, -0.1) is 0 Å². The first-order chi connectivity index (χ1) is 6.43. The van der Waals surface area contributed by atoms with Crippen LogP contribution in [0, 0.1) is 5.92 Å². The van der Waals surface area contributed by atoms with Crippen LogP contribution in [-0.2, 0) is 9.53 Å². The topological polar surface area (TPSA) is 29.5 Å². The lowest BCUT2D eigenvalue weighted by Gasteiger charge is -2.31. The van der Waals surface area contributed by atoms with E-state index in [1.165, 1.54) is 7.11 Å². The van der Waals surface area contributed by atoms with E-state index in [0.717, 1.165) is 19.5 Å². The van der Waals surface area contributed by atoms with E-state index in [-0.39, 0.29) is 11.5 Å². The summed E-state index contributed by atoms with van der Waals surface area (Å²) < 4.78 is 4.68. The summed E-state index contributed by atoms with van der Waals surface area (Å²) in [5.74, 6) is 0.410. The summed E-state index contributed by atoms with van der Waals surface area (Å²) in [7, 11) is 1.46. The molecule has 0 radical (unpaired) electrons. The normalized spacial score (nSPS) is 23.9. The van der Waals surface area contributed by atoms with Gasteiger partial charge in [0, 0.05) is 18.5 Å². The molecule has 0 aromatic rings. The first-order valence-corrected chi connectivity index (χ1v) is 5.25. The molecule has 3 nitrogen and oxygen atoms in total. The van der Waals surface area contributed by atoms with Crippen LogP contribution >= 0.6 is 0 Å². The number of carbonyl (C=O) groups excluding carboxylic acids is 1. The van der Waals surface area contributed by atoms with Gasteiger partial charge in [-0.2, -0.15) is 0 Å². The number of esters is 1. The molecule has 14 heavy (non-hydrogen) atoms. The van der Waals surface area contributed by atoms with E-state index >= 15 is 0 Å². The Balaban J connectivity index is 2.38. The minimum Gasteiger partial charge on any atom is -0.469 e. The van der Waals surface area contributed by atoms with Crippen LogP contribution in [-0.4, -0.2) is 36.6 Å². The lowest BCUT2D eigenvalue weighted by molar-refractivity contribution is -0.141. The Kier molecular flexibility index (Phi) is 3.53. The van der Waals surface area contributed by atoms with Gasteiger partial charge >= 0.3 is 5.97 Å².